The van der Waals surface area contributed by atoms with E-state index in [-0.39, 0.29) is 30.4 Å². The summed E-state index contributed by atoms with van der Waals surface area (Å²) in [6.07, 6.45) is 8.09. The Morgan fingerprint density at radius 1 is 0.920 bits per heavy atom. The van der Waals surface area contributed by atoms with Gasteiger partial charge in [-0.25, -0.2) is 0 Å². The van der Waals surface area contributed by atoms with Crippen molar-refractivity contribution in [3.8, 4) is 0 Å². The Bertz CT molecular complexity index is 751. The van der Waals surface area contributed by atoms with E-state index in [1.54, 1.807) is 8.47 Å². The minimum atomic E-state index is -4.76. The zero-order valence-corrected chi connectivity index (χ0v) is 22.9. The summed E-state index contributed by atoms with van der Waals surface area (Å²) in [5.41, 5.74) is 0.0675. The molecule has 0 unspecified atom stereocenters. The maximum absolute atomic E-state index is 4.76. The van der Waals surface area contributed by atoms with Crippen molar-refractivity contribution in [3.63, 3.8) is 0 Å². The fourth-order valence-electron chi connectivity index (χ4n) is 5.98. The van der Waals surface area contributed by atoms with Crippen LogP contribution in [0.2, 0.25) is 23.2 Å². The fraction of sp³-hybridized carbons (Fsp3) is 0.500. The Morgan fingerprint density at radius 2 is 1.44 bits per heavy atom. The van der Waals surface area contributed by atoms with Crippen molar-refractivity contribution in [1.29, 1.82) is 0 Å². The van der Waals surface area contributed by atoms with E-state index < -0.39 is 20.4 Å². The van der Waals surface area contributed by atoms with Gasteiger partial charge in [0.2, 0.25) is 0 Å². The Morgan fingerprint density at radius 3 is 1.84 bits per heavy atom. The van der Waals surface area contributed by atoms with E-state index in [0.29, 0.717) is 0 Å². The summed E-state index contributed by atoms with van der Waals surface area (Å²) in [7, 11) is 0. The molecule has 1 aliphatic carbocycles. The molecule has 0 atom stereocenters. The summed E-state index contributed by atoms with van der Waals surface area (Å²) in [6.45, 7) is 6.34. The van der Waals surface area contributed by atoms with Gasteiger partial charge in [-0.1, -0.05) is 0 Å². The van der Waals surface area contributed by atoms with Crippen molar-refractivity contribution in [2.24, 2.45) is 0 Å². The van der Waals surface area contributed by atoms with Crippen LogP contribution in [0.5, 0.6) is 0 Å². The molecule has 1 aliphatic rings. The Labute approximate surface area is 160 Å². The number of benzene rings is 1. The third-order valence-corrected chi connectivity index (χ3v) is 47.8. The fourth-order valence-corrected chi connectivity index (χ4v) is 54.1. The van der Waals surface area contributed by atoms with Gasteiger partial charge in [0.1, 0.15) is 0 Å². The van der Waals surface area contributed by atoms with Crippen LogP contribution in [0, 0.1) is 0 Å². The molecule has 0 aliphatic heterocycles. The molecule has 0 bridgehead atoms. The zero-order valence-electron chi connectivity index (χ0n) is 17.3. The molecule has 0 saturated heterocycles. The van der Waals surface area contributed by atoms with E-state index in [1.165, 1.54) is 0 Å². The van der Waals surface area contributed by atoms with Gasteiger partial charge in [-0.2, -0.15) is 0 Å². The Balaban J connectivity index is 0.00000288. The summed E-state index contributed by atoms with van der Waals surface area (Å²) in [4.78, 5) is 0. The van der Waals surface area contributed by atoms with Crippen molar-refractivity contribution in [2.75, 3.05) is 0 Å². The van der Waals surface area contributed by atoms with Crippen molar-refractivity contribution in [3.05, 3.63) is 51.8 Å². The number of hydrogen-bond donors (Lipinski definition) is 1. The van der Waals surface area contributed by atoms with Crippen molar-refractivity contribution >= 4 is 36.6 Å². The quantitative estimate of drug-likeness (QED) is 0.524. The molecule has 5 heteroatoms. The maximum Gasteiger partial charge on any atom is -0.147 e. The van der Waals surface area contributed by atoms with E-state index >= 15 is 0 Å². The molecular formula is C20H39Cl2NSiZr. The first-order chi connectivity index (χ1) is 9.87. The smallest absolute Gasteiger partial charge is 0.147 e. The predicted molar refractivity (Wildman–Crippen MR) is 123 cm³/mol. The van der Waals surface area contributed by atoms with E-state index in [2.05, 4.69) is 95.7 Å². The van der Waals surface area contributed by atoms with Crippen LogP contribution < -0.4 is 8.45 Å². The second-order valence-corrected chi connectivity index (χ2v) is 94.1. The topological polar surface area (TPSA) is 12.0 Å². The second-order valence-electron chi connectivity index (χ2n) is 15.1. The van der Waals surface area contributed by atoms with Crippen molar-refractivity contribution in [1.82, 2.24) is 3.26 Å². The first-order valence-electron chi connectivity index (χ1n) is 9.08. The van der Waals surface area contributed by atoms with E-state index in [0.717, 1.165) is 6.42 Å². The largest absolute Gasteiger partial charge is 0.147 e. The van der Waals surface area contributed by atoms with Crippen LogP contribution in [-0.2, 0) is 13.8 Å². The SMILES string of the molecule is CC(C)(C)[NH][Zr]([CH3])([CH3])([CH3])([CH3])([CH3])([SiH2]c1ccccc1)[C]1=CC=CC1.Cl.Cl. The molecule has 0 aromatic heterocycles. The van der Waals surface area contributed by atoms with Crippen LogP contribution in [0.15, 0.2) is 51.8 Å². The molecule has 0 saturated carbocycles. The van der Waals surface area contributed by atoms with Gasteiger partial charge in [0.15, 0.2) is 0 Å². The van der Waals surface area contributed by atoms with Crippen LogP contribution in [-0.4, -0.2) is 12.2 Å². The average molecular weight is 484 g/mol. The van der Waals surface area contributed by atoms with E-state index in [4.69, 9.17) is 0 Å². The van der Waals surface area contributed by atoms with E-state index in [1.807, 2.05) is 0 Å². The molecule has 146 valence electrons. The maximum atomic E-state index is 4.36. The predicted octanol–water partition coefficient (Wildman–Crippen LogP) is 5.92. The first kappa shape index (κ1) is 25.3. The third-order valence-electron chi connectivity index (χ3n) is 6.02. The standard InChI is InChI=1S/C6H7Si.C5H5.C4H10N.5CH3.2ClH.Zr/c7-6-4-2-1-3-5-6;1-2-4-5-3-1;1-4(2,3)5;;;;;;;;/h1-5H,7H2;1-3H,4H2;5H,1-3H3;5*1H3;2*1H;/q;;-1;;;;;;;;+1. The minimum Gasteiger partial charge on any atom is -0.147 e. The number of hydrogen-bond acceptors (Lipinski definition) is 1. The molecule has 0 radical (unpaired) electrons. The van der Waals surface area contributed by atoms with E-state index in [9.17, 15) is 0 Å². The first-order valence-corrected chi connectivity index (χ1v) is 30.5. The molecule has 1 N–H and O–H groups in total. The molecule has 1 aromatic rings. The molecule has 2 rings (SSSR count). The van der Waals surface area contributed by atoms with Gasteiger partial charge in [0.25, 0.3) is 0 Å². The van der Waals surface area contributed by atoms with Gasteiger partial charge in [-0.05, 0) is 0 Å². The van der Waals surface area contributed by atoms with Gasteiger partial charge in [0, 0.05) is 0 Å². The minimum absolute atomic E-state index is 0. The second kappa shape index (κ2) is 5.03. The molecule has 0 spiro atoms. The Kier molecular flexibility index (Phi) is 5.10. The normalized spacial score (nSPS) is 21.2. The molecule has 25 heavy (non-hydrogen) atoms. The summed E-state index contributed by atoms with van der Waals surface area (Å²) < 4.78 is 19.2. The number of rotatable bonds is 4. The molecular weight excluding hydrogens is 444 g/mol. The molecule has 0 fully saturated rings. The van der Waals surface area contributed by atoms with Crippen molar-refractivity contribution < 1.29 is 13.8 Å². The molecule has 1 nitrogen and oxygen atoms in total. The zero-order chi connectivity index (χ0) is 17.8. The van der Waals surface area contributed by atoms with Gasteiger partial charge in [0.05, 0.1) is 0 Å². The van der Waals surface area contributed by atoms with Crippen LogP contribution in [0.3, 0.4) is 0 Å². The molecule has 0 heterocycles. The van der Waals surface area contributed by atoms with Crippen LogP contribution in [0.1, 0.15) is 27.2 Å². The van der Waals surface area contributed by atoms with Gasteiger partial charge in [-0.3, -0.25) is 0 Å². The van der Waals surface area contributed by atoms with Gasteiger partial charge >= 0.3 is 137 Å². The number of halogens is 2. The molecule has 1 aromatic carbocycles. The summed E-state index contributed by atoms with van der Waals surface area (Å²) >= 11 is -4.76. The Hall–Kier alpha value is 0.340. The summed E-state index contributed by atoms with van der Waals surface area (Å²) in [5.74, 6) is 0. The summed E-state index contributed by atoms with van der Waals surface area (Å²) in [5, 5.41) is 1.56. The van der Waals surface area contributed by atoms with Crippen LogP contribution >= 0.6 is 24.8 Å². The van der Waals surface area contributed by atoms with Crippen LogP contribution in [0.4, 0.5) is 0 Å². The summed E-state index contributed by atoms with van der Waals surface area (Å²) in [6, 6.07) is 11.2. The number of nitrogens with one attached hydrogen (secondary N) is 1. The van der Waals surface area contributed by atoms with Gasteiger partial charge < -0.3 is 0 Å². The van der Waals surface area contributed by atoms with Crippen molar-refractivity contribution in [2.45, 2.75) is 55.9 Å². The molecule has 0 amide bonds. The average Bonchev–Trinajstić information content (AvgIpc) is 2.79. The monoisotopic (exact) mass is 481 g/mol. The number of allylic oxidation sites excluding steroid dienone is 4. The van der Waals surface area contributed by atoms with Crippen LogP contribution in [0.25, 0.3) is 0 Å². The van der Waals surface area contributed by atoms with Gasteiger partial charge in [-0.15, -0.1) is 24.8 Å². The third kappa shape index (κ3) is 5.20.